The number of benzene rings is 1. The van der Waals surface area contributed by atoms with E-state index < -0.39 is 11.5 Å². The molecule has 0 unspecified atom stereocenters. The molecule has 140 valence electrons. The normalized spacial score (nSPS) is 10.9. The molecule has 0 saturated heterocycles. The average molecular weight is 444 g/mol. The topological polar surface area (TPSA) is 125 Å². The van der Waals surface area contributed by atoms with E-state index in [0.717, 1.165) is 29.2 Å². The maximum absolute atomic E-state index is 12.2. The van der Waals surface area contributed by atoms with Crippen LogP contribution in [0.25, 0.3) is 10.2 Å². The van der Waals surface area contributed by atoms with Gasteiger partial charge in [0.2, 0.25) is 5.91 Å². The number of thiophene rings is 1. The first-order valence-corrected chi connectivity index (χ1v) is 9.87. The van der Waals surface area contributed by atoms with E-state index in [0.29, 0.717) is 24.6 Å². The Morgan fingerprint density at radius 1 is 1.22 bits per heavy atom. The zero-order valence-electron chi connectivity index (χ0n) is 13.3. The molecule has 0 spiro atoms. The molecule has 1 aromatic carbocycles. The van der Waals surface area contributed by atoms with Crippen LogP contribution >= 0.6 is 46.3 Å². The van der Waals surface area contributed by atoms with Gasteiger partial charge in [0.25, 0.3) is 11.5 Å². The number of pyridine rings is 1. The predicted octanol–water partition coefficient (Wildman–Crippen LogP) is 3.43. The van der Waals surface area contributed by atoms with Crippen LogP contribution in [0.4, 0.5) is 5.69 Å². The standard InChI is InChI=1S/C16H11Cl2N3O4S2/c17-6-1-7(18)3-8(2-6)20-11(24)5-26-16-12(15(19)25)13-14(27-16)9(22)4-10(23)21-13/h1-4H,5H2,(H2,19,25)(H,20,24)(H2,21,22,23). The SMILES string of the molecule is NC(=O)c1c(SCC(=O)Nc2cc(Cl)cc(Cl)c2)sc2c(O)cc(=O)[nH]c12. The van der Waals surface area contributed by atoms with Gasteiger partial charge in [0.1, 0.15) is 5.75 Å². The number of anilines is 1. The van der Waals surface area contributed by atoms with Crippen LogP contribution < -0.4 is 16.6 Å². The van der Waals surface area contributed by atoms with Crippen LogP contribution in [-0.4, -0.2) is 27.7 Å². The summed E-state index contributed by atoms with van der Waals surface area (Å²) in [6.07, 6.45) is 0. The van der Waals surface area contributed by atoms with Crippen LogP contribution in [0.5, 0.6) is 5.75 Å². The van der Waals surface area contributed by atoms with Crippen molar-refractivity contribution in [3.8, 4) is 5.75 Å². The molecule has 0 bridgehead atoms. The maximum atomic E-state index is 12.2. The van der Waals surface area contributed by atoms with Crippen molar-refractivity contribution in [1.29, 1.82) is 0 Å². The fraction of sp³-hybridized carbons (Fsp3) is 0.0625. The van der Waals surface area contributed by atoms with Crippen molar-refractivity contribution in [3.05, 3.63) is 50.2 Å². The van der Waals surface area contributed by atoms with Gasteiger partial charge in [0, 0.05) is 21.8 Å². The Morgan fingerprint density at radius 3 is 2.52 bits per heavy atom. The number of halogens is 2. The third-order valence-electron chi connectivity index (χ3n) is 3.35. The number of aromatic nitrogens is 1. The number of aromatic hydroxyl groups is 1. The third kappa shape index (κ3) is 4.38. The second kappa shape index (κ2) is 7.81. The molecule has 2 aromatic heterocycles. The lowest BCUT2D eigenvalue weighted by molar-refractivity contribution is -0.113. The lowest BCUT2D eigenvalue weighted by Gasteiger charge is -2.06. The quantitative estimate of drug-likeness (QED) is 0.449. The summed E-state index contributed by atoms with van der Waals surface area (Å²) in [5.41, 5.74) is 5.50. The molecule has 0 aliphatic rings. The Kier molecular flexibility index (Phi) is 5.66. The number of rotatable bonds is 5. The molecular formula is C16H11Cl2N3O4S2. The molecule has 0 aliphatic heterocycles. The molecule has 0 atom stereocenters. The van der Waals surface area contributed by atoms with Crippen LogP contribution in [0, 0.1) is 0 Å². The monoisotopic (exact) mass is 443 g/mol. The minimum Gasteiger partial charge on any atom is -0.506 e. The summed E-state index contributed by atoms with van der Waals surface area (Å²) in [5, 5.41) is 13.3. The molecule has 7 nitrogen and oxygen atoms in total. The number of primary amides is 1. The first kappa shape index (κ1) is 19.6. The van der Waals surface area contributed by atoms with Gasteiger partial charge in [0.15, 0.2) is 0 Å². The van der Waals surface area contributed by atoms with Crippen molar-refractivity contribution in [2.75, 3.05) is 11.1 Å². The second-order valence-electron chi connectivity index (χ2n) is 5.35. The summed E-state index contributed by atoms with van der Waals surface area (Å²) in [7, 11) is 0. The number of H-pyrrole nitrogens is 1. The second-order valence-corrected chi connectivity index (χ2v) is 8.48. The van der Waals surface area contributed by atoms with Crippen LogP contribution in [0.1, 0.15) is 10.4 Å². The Morgan fingerprint density at radius 2 is 1.89 bits per heavy atom. The molecule has 11 heteroatoms. The Balaban J connectivity index is 1.83. The van der Waals surface area contributed by atoms with E-state index in [2.05, 4.69) is 10.3 Å². The van der Waals surface area contributed by atoms with Crippen molar-refractivity contribution in [1.82, 2.24) is 4.98 Å². The molecular weight excluding hydrogens is 433 g/mol. The smallest absolute Gasteiger partial charge is 0.252 e. The highest BCUT2D eigenvalue weighted by atomic mass is 35.5. The molecule has 0 radical (unpaired) electrons. The van der Waals surface area contributed by atoms with Gasteiger partial charge in [-0.2, -0.15) is 0 Å². The Hall–Kier alpha value is -2.20. The predicted molar refractivity (Wildman–Crippen MR) is 108 cm³/mol. The molecule has 2 amide bonds. The number of aromatic amines is 1. The van der Waals surface area contributed by atoms with Crippen LogP contribution in [0.2, 0.25) is 10.0 Å². The van der Waals surface area contributed by atoms with Gasteiger partial charge in [-0.3, -0.25) is 14.4 Å². The van der Waals surface area contributed by atoms with Gasteiger partial charge in [-0.15, -0.1) is 23.1 Å². The fourth-order valence-electron chi connectivity index (χ4n) is 2.34. The number of fused-ring (bicyclic) bond motifs is 1. The van der Waals surface area contributed by atoms with Gasteiger partial charge in [-0.05, 0) is 18.2 Å². The summed E-state index contributed by atoms with van der Waals surface area (Å²) >= 11 is 13.9. The van der Waals surface area contributed by atoms with E-state index in [4.69, 9.17) is 28.9 Å². The van der Waals surface area contributed by atoms with E-state index in [1.54, 1.807) is 12.1 Å². The summed E-state index contributed by atoms with van der Waals surface area (Å²) < 4.78 is 0.724. The number of nitrogens with one attached hydrogen (secondary N) is 2. The summed E-state index contributed by atoms with van der Waals surface area (Å²) in [6, 6.07) is 5.64. The zero-order valence-corrected chi connectivity index (χ0v) is 16.5. The molecule has 0 saturated carbocycles. The summed E-state index contributed by atoms with van der Waals surface area (Å²) in [5.74, 6) is -1.43. The first-order chi connectivity index (χ1) is 12.7. The largest absolute Gasteiger partial charge is 0.506 e. The first-order valence-electron chi connectivity index (χ1n) is 7.32. The molecule has 27 heavy (non-hydrogen) atoms. The van der Waals surface area contributed by atoms with Crippen molar-refractivity contribution in [2.24, 2.45) is 5.73 Å². The van der Waals surface area contributed by atoms with Crippen LogP contribution in [0.15, 0.2) is 33.3 Å². The van der Waals surface area contributed by atoms with Crippen molar-refractivity contribution >= 4 is 74.0 Å². The highest BCUT2D eigenvalue weighted by molar-refractivity contribution is 8.02. The lowest BCUT2D eigenvalue weighted by atomic mass is 10.2. The van der Waals surface area contributed by atoms with Crippen LogP contribution in [-0.2, 0) is 4.79 Å². The molecule has 3 rings (SSSR count). The van der Waals surface area contributed by atoms with E-state index in [9.17, 15) is 19.5 Å². The number of nitrogens with two attached hydrogens (primary N) is 1. The number of carbonyl (C=O) groups excluding carboxylic acids is 2. The molecule has 2 heterocycles. The highest BCUT2D eigenvalue weighted by Gasteiger charge is 2.21. The Bertz CT molecular complexity index is 1110. The van der Waals surface area contributed by atoms with Crippen molar-refractivity contribution < 1.29 is 14.7 Å². The summed E-state index contributed by atoms with van der Waals surface area (Å²) in [4.78, 5) is 38.0. The van der Waals surface area contributed by atoms with Crippen molar-refractivity contribution in [2.45, 2.75) is 4.21 Å². The van der Waals surface area contributed by atoms with Gasteiger partial charge >= 0.3 is 0 Å². The highest BCUT2D eigenvalue weighted by Crippen LogP contribution is 2.40. The van der Waals surface area contributed by atoms with Gasteiger partial charge in [-0.25, -0.2) is 0 Å². The number of carbonyl (C=O) groups is 2. The van der Waals surface area contributed by atoms with Crippen molar-refractivity contribution in [3.63, 3.8) is 0 Å². The zero-order chi connectivity index (χ0) is 19.7. The van der Waals surface area contributed by atoms with Gasteiger partial charge in [0.05, 0.1) is 25.7 Å². The number of hydrogen-bond acceptors (Lipinski definition) is 6. The average Bonchev–Trinajstić information content (AvgIpc) is 2.90. The number of amides is 2. The minimum atomic E-state index is -0.771. The van der Waals surface area contributed by atoms with E-state index in [1.807, 2.05) is 0 Å². The number of thioether (sulfide) groups is 1. The fourth-order valence-corrected chi connectivity index (χ4v) is 5.12. The van der Waals surface area contributed by atoms with E-state index in [-0.39, 0.29) is 28.5 Å². The van der Waals surface area contributed by atoms with E-state index in [1.165, 1.54) is 6.07 Å². The van der Waals surface area contributed by atoms with Gasteiger partial charge in [-0.1, -0.05) is 23.2 Å². The molecule has 0 aliphatic carbocycles. The molecule has 0 fully saturated rings. The van der Waals surface area contributed by atoms with Crippen LogP contribution in [0.3, 0.4) is 0 Å². The molecule has 5 N–H and O–H groups in total. The minimum absolute atomic E-state index is 0.0395. The van der Waals surface area contributed by atoms with E-state index >= 15 is 0 Å². The maximum Gasteiger partial charge on any atom is 0.252 e. The number of hydrogen-bond donors (Lipinski definition) is 4. The van der Waals surface area contributed by atoms with Gasteiger partial charge < -0.3 is 21.1 Å². The summed E-state index contributed by atoms with van der Waals surface area (Å²) in [6.45, 7) is 0. The molecule has 3 aromatic rings. The Labute approximate surface area is 170 Å². The third-order valence-corrected chi connectivity index (χ3v) is 6.27. The lowest BCUT2D eigenvalue weighted by Crippen LogP contribution is -2.15.